The smallest absolute Gasteiger partial charge is 0.491 e. The number of nitrogens with two attached hydrogens (primary N) is 2. The number of amides is 1. The number of carbonyl (C=O) groups is 3. The van der Waals surface area contributed by atoms with E-state index in [9.17, 15) is 27.6 Å². The predicted octanol–water partition coefficient (Wildman–Crippen LogP) is 0.886. The van der Waals surface area contributed by atoms with Crippen molar-refractivity contribution in [3.05, 3.63) is 23.8 Å². The normalized spacial score (nSPS) is 15.9. The molecule has 1 aliphatic rings. The molecule has 1 aromatic carbocycles. The molecule has 0 radical (unpaired) electrons. The Labute approximate surface area is 169 Å². The summed E-state index contributed by atoms with van der Waals surface area (Å²) in [5.74, 6) is -5.01. The van der Waals surface area contributed by atoms with Crippen molar-refractivity contribution in [2.45, 2.75) is 25.9 Å². The topological polar surface area (TPSA) is 137 Å². The van der Waals surface area contributed by atoms with Gasteiger partial charge in [0.25, 0.3) is 0 Å². The van der Waals surface area contributed by atoms with E-state index in [1.165, 1.54) is 4.90 Å². The quantitative estimate of drug-likeness (QED) is 0.215. The second-order valence-corrected chi connectivity index (χ2v) is 6.39. The molecule has 9 nitrogen and oxygen atoms in total. The Morgan fingerprint density at radius 2 is 2.00 bits per heavy atom. The van der Waals surface area contributed by atoms with Gasteiger partial charge in [0.1, 0.15) is 12.4 Å². The van der Waals surface area contributed by atoms with Crippen LogP contribution in [-0.4, -0.2) is 49.7 Å². The summed E-state index contributed by atoms with van der Waals surface area (Å²) in [7, 11) is 0. The minimum absolute atomic E-state index is 0.0618. The molecular weight excluding hydrogens is 409 g/mol. The van der Waals surface area contributed by atoms with Gasteiger partial charge in [-0.1, -0.05) is 6.07 Å². The maximum Gasteiger partial charge on any atom is 0.491 e. The number of halogens is 3. The Morgan fingerprint density at radius 1 is 1.30 bits per heavy atom. The fraction of sp³-hybridized carbons (Fsp3) is 0.444. The van der Waals surface area contributed by atoms with Crippen molar-refractivity contribution < 1.29 is 37.0 Å². The van der Waals surface area contributed by atoms with Gasteiger partial charge in [0, 0.05) is 12.6 Å². The number of esters is 2. The monoisotopic (exact) mass is 430 g/mol. The molecule has 12 heteroatoms. The molecule has 0 saturated carbocycles. The molecule has 1 atom stereocenters. The molecule has 30 heavy (non-hydrogen) atoms. The summed E-state index contributed by atoms with van der Waals surface area (Å²) in [6, 6.07) is 4.99. The number of rotatable bonds is 7. The number of hydrogen-bond donors (Lipinski definition) is 2. The minimum Gasteiger partial charge on any atom is -0.492 e. The van der Waals surface area contributed by atoms with Gasteiger partial charge in [0.05, 0.1) is 24.6 Å². The maximum absolute atomic E-state index is 12.7. The van der Waals surface area contributed by atoms with Gasteiger partial charge in [0.2, 0.25) is 5.91 Å². The largest absolute Gasteiger partial charge is 0.492 e. The molecule has 1 aliphatic heterocycles. The van der Waals surface area contributed by atoms with Gasteiger partial charge < -0.3 is 25.8 Å². The zero-order chi connectivity index (χ0) is 22.5. The number of ether oxygens (including phenoxy) is 2. The van der Waals surface area contributed by atoms with Crippen LogP contribution in [0, 0.1) is 5.92 Å². The number of hydrogen-bond acceptors (Lipinski definition) is 6. The average molecular weight is 430 g/mol. The van der Waals surface area contributed by atoms with Crippen molar-refractivity contribution in [1.82, 2.24) is 0 Å². The van der Waals surface area contributed by atoms with E-state index in [1.54, 1.807) is 25.1 Å². The van der Waals surface area contributed by atoms with Crippen molar-refractivity contribution >= 4 is 29.5 Å². The Hall–Kier alpha value is -3.31. The molecule has 0 bridgehead atoms. The first-order valence-corrected chi connectivity index (χ1v) is 8.97. The van der Waals surface area contributed by atoms with Crippen molar-refractivity contribution in [3.8, 4) is 5.75 Å². The lowest BCUT2D eigenvalue weighted by Gasteiger charge is -2.33. The van der Waals surface area contributed by atoms with Gasteiger partial charge in [0.15, 0.2) is 5.96 Å². The lowest BCUT2D eigenvalue weighted by molar-refractivity contribution is -0.202. The predicted molar refractivity (Wildman–Crippen MR) is 99.6 cm³/mol. The Balaban J connectivity index is 2.10. The maximum atomic E-state index is 12.7. The molecule has 2 rings (SSSR count). The van der Waals surface area contributed by atoms with Crippen LogP contribution in [0.2, 0.25) is 0 Å². The summed E-state index contributed by atoms with van der Waals surface area (Å²) in [6.45, 7) is 2.42. The van der Waals surface area contributed by atoms with Crippen LogP contribution in [0.4, 0.5) is 18.9 Å². The van der Waals surface area contributed by atoms with Crippen LogP contribution in [0.3, 0.4) is 0 Å². The highest BCUT2D eigenvalue weighted by Crippen LogP contribution is 2.35. The highest BCUT2D eigenvalue weighted by atomic mass is 19.4. The van der Waals surface area contributed by atoms with E-state index in [0.29, 0.717) is 17.0 Å². The van der Waals surface area contributed by atoms with Crippen LogP contribution in [0.5, 0.6) is 5.75 Å². The number of alkyl halides is 3. The number of anilines is 1. The standard InChI is InChI=1S/C18H21F3N4O5/c1-2-25-13-9-12(29-6-5-24-17(22)23)4-3-10(13)7-11(15(25)27)8-14(26)30-16(28)18(19,20)21/h3-4,9,11H,2,5-8H2,1H3,(H4,22,23,24). The lowest BCUT2D eigenvalue weighted by Crippen LogP contribution is -2.42. The van der Waals surface area contributed by atoms with Gasteiger partial charge >= 0.3 is 18.1 Å². The van der Waals surface area contributed by atoms with Crippen molar-refractivity contribution in [2.75, 3.05) is 24.6 Å². The highest BCUT2D eigenvalue weighted by Gasteiger charge is 2.43. The molecule has 0 spiro atoms. The second kappa shape index (κ2) is 9.46. The lowest BCUT2D eigenvalue weighted by atomic mass is 9.89. The van der Waals surface area contributed by atoms with Crippen LogP contribution >= 0.6 is 0 Å². The molecular formula is C18H21F3N4O5. The fourth-order valence-corrected chi connectivity index (χ4v) is 2.98. The summed E-state index contributed by atoms with van der Waals surface area (Å²) >= 11 is 0. The zero-order valence-electron chi connectivity index (χ0n) is 16.1. The number of carbonyl (C=O) groups excluding carboxylic acids is 3. The van der Waals surface area contributed by atoms with Gasteiger partial charge in [-0.15, -0.1) is 0 Å². The van der Waals surface area contributed by atoms with Gasteiger partial charge in [-0.2, -0.15) is 13.2 Å². The Bertz CT molecular complexity index is 853. The van der Waals surface area contributed by atoms with Gasteiger partial charge in [-0.3, -0.25) is 14.6 Å². The summed E-state index contributed by atoms with van der Waals surface area (Å²) in [4.78, 5) is 40.4. The first kappa shape index (κ1) is 23.0. The summed E-state index contributed by atoms with van der Waals surface area (Å²) in [6.07, 6.45) is -5.83. The SMILES string of the molecule is CCN1C(=O)C(CC(=O)OC(=O)C(F)(F)F)Cc2ccc(OCCN=C(N)N)cc21. The third-order valence-corrected chi connectivity index (χ3v) is 4.25. The molecule has 1 amide bonds. The summed E-state index contributed by atoms with van der Waals surface area (Å²) in [5.41, 5.74) is 11.7. The zero-order valence-corrected chi connectivity index (χ0v) is 16.1. The van der Waals surface area contributed by atoms with Crippen LogP contribution < -0.4 is 21.1 Å². The van der Waals surface area contributed by atoms with Crippen molar-refractivity contribution in [2.24, 2.45) is 22.4 Å². The third-order valence-electron chi connectivity index (χ3n) is 4.25. The van der Waals surface area contributed by atoms with Crippen LogP contribution in [0.1, 0.15) is 18.9 Å². The van der Waals surface area contributed by atoms with Crippen LogP contribution in [0.15, 0.2) is 23.2 Å². The summed E-state index contributed by atoms with van der Waals surface area (Å²) in [5, 5.41) is 0. The van der Waals surface area contributed by atoms with Crippen LogP contribution in [-0.2, 0) is 25.5 Å². The molecule has 0 saturated heterocycles. The number of guanidine groups is 1. The second-order valence-electron chi connectivity index (χ2n) is 6.39. The van der Waals surface area contributed by atoms with E-state index in [1.807, 2.05) is 0 Å². The van der Waals surface area contributed by atoms with E-state index < -0.39 is 36.4 Å². The third kappa shape index (κ3) is 5.84. The average Bonchev–Trinajstić information content (AvgIpc) is 2.65. The molecule has 0 aliphatic carbocycles. The van der Waals surface area contributed by atoms with E-state index in [0.717, 1.165) is 0 Å². The number of aliphatic imine (C=N–C) groups is 1. The van der Waals surface area contributed by atoms with Crippen molar-refractivity contribution in [3.63, 3.8) is 0 Å². The molecule has 1 unspecified atom stereocenters. The van der Waals surface area contributed by atoms with E-state index in [-0.39, 0.29) is 32.1 Å². The number of nitrogens with zero attached hydrogens (tertiary/aromatic N) is 2. The van der Waals surface area contributed by atoms with Crippen LogP contribution in [0.25, 0.3) is 0 Å². The van der Waals surface area contributed by atoms with E-state index in [4.69, 9.17) is 16.2 Å². The van der Waals surface area contributed by atoms with E-state index in [2.05, 4.69) is 9.73 Å². The Morgan fingerprint density at radius 3 is 2.60 bits per heavy atom. The molecule has 164 valence electrons. The van der Waals surface area contributed by atoms with Gasteiger partial charge in [-0.05, 0) is 25.0 Å². The molecule has 1 heterocycles. The minimum atomic E-state index is -5.29. The number of fused-ring (bicyclic) bond motifs is 1. The Kier molecular flexibility index (Phi) is 7.24. The molecule has 1 aromatic rings. The summed E-state index contributed by atoms with van der Waals surface area (Å²) < 4.78 is 46.0. The molecule has 0 aromatic heterocycles. The first-order valence-electron chi connectivity index (χ1n) is 8.97. The van der Waals surface area contributed by atoms with Gasteiger partial charge in [-0.25, -0.2) is 4.79 Å². The highest BCUT2D eigenvalue weighted by molar-refractivity contribution is 6.00. The number of benzene rings is 1. The van der Waals surface area contributed by atoms with Crippen molar-refractivity contribution in [1.29, 1.82) is 0 Å². The van der Waals surface area contributed by atoms with E-state index >= 15 is 0 Å². The molecule has 4 N–H and O–H groups in total. The molecule has 0 fully saturated rings. The first-order chi connectivity index (χ1) is 14.0. The fourth-order valence-electron chi connectivity index (χ4n) is 2.98.